The Bertz CT molecular complexity index is 1260. The summed E-state index contributed by atoms with van der Waals surface area (Å²) in [4.78, 5) is 17.4. The number of aliphatic hydroxyl groups excluding tert-OH is 2. The molecule has 174 valence electrons. The first-order valence-electron chi connectivity index (χ1n) is 10.6. The molecule has 4 rings (SSSR count). The van der Waals surface area contributed by atoms with Crippen molar-refractivity contribution in [2.75, 3.05) is 6.61 Å². The van der Waals surface area contributed by atoms with Crippen molar-refractivity contribution in [3.8, 4) is 22.5 Å². The van der Waals surface area contributed by atoms with Crippen molar-refractivity contribution in [2.24, 2.45) is 0 Å². The van der Waals surface area contributed by atoms with E-state index in [2.05, 4.69) is 20.5 Å². The molecular weight excluding hydrogens is 442 g/mol. The standard InChI is InChI=1S/C25H22F2N4O3/c26-16-9-7-15(8-10-16)20-13-22(31-30-20)24-18(5-3-6-19(24)27)25(34)29-21(23(33)14-32)12-17-4-1-2-11-28-17/h1-11,13,21,23,32-33H,12,14H2,(H,29,34)(H,30,31)/t21-,23+/m0/s1. The van der Waals surface area contributed by atoms with Crippen LogP contribution in [0.25, 0.3) is 22.5 Å². The van der Waals surface area contributed by atoms with Crippen LogP contribution in [0.5, 0.6) is 0 Å². The molecular formula is C25H22F2N4O3. The highest BCUT2D eigenvalue weighted by atomic mass is 19.1. The Balaban J connectivity index is 1.63. The molecule has 0 saturated carbocycles. The van der Waals surface area contributed by atoms with Gasteiger partial charge in [0.15, 0.2) is 0 Å². The maximum atomic E-state index is 14.9. The Kier molecular flexibility index (Phi) is 7.05. The van der Waals surface area contributed by atoms with Crippen LogP contribution in [0.1, 0.15) is 16.1 Å². The number of aliphatic hydroxyl groups is 2. The number of H-pyrrole nitrogens is 1. The molecule has 2 atom stereocenters. The molecule has 0 aliphatic carbocycles. The van der Waals surface area contributed by atoms with Gasteiger partial charge in [-0.3, -0.25) is 14.9 Å². The molecule has 9 heteroatoms. The van der Waals surface area contributed by atoms with Crippen LogP contribution in [0, 0.1) is 11.6 Å². The number of carbonyl (C=O) groups excluding carboxylic acids is 1. The van der Waals surface area contributed by atoms with Gasteiger partial charge in [-0.25, -0.2) is 8.78 Å². The van der Waals surface area contributed by atoms with Crippen molar-refractivity contribution in [1.82, 2.24) is 20.5 Å². The van der Waals surface area contributed by atoms with Crippen molar-refractivity contribution >= 4 is 5.91 Å². The van der Waals surface area contributed by atoms with Crippen molar-refractivity contribution in [1.29, 1.82) is 0 Å². The number of hydrogen-bond acceptors (Lipinski definition) is 5. The molecule has 2 heterocycles. The Morgan fingerprint density at radius 1 is 1.06 bits per heavy atom. The van der Waals surface area contributed by atoms with Crippen LogP contribution in [0.3, 0.4) is 0 Å². The highest BCUT2D eigenvalue weighted by molar-refractivity contribution is 6.01. The van der Waals surface area contributed by atoms with E-state index in [0.29, 0.717) is 17.0 Å². The molecule has 1 amide bonds. The second kappa shape index (κ2) is 10.3. The van der Waals surface area contributed by atoms with Gasteiger partial charge in [-0.05, 0) is 54.6 Å². The quantitative estimate of drug-likeness (QED) is 0.320. The molecule has 0 radical (unpaired) electrons. The molecule has 0 aliphatic rings. The van der Waals surface area contributed by atoms with E-state index in [1.165, 1.54) is 30.3 Å². The second-order valence-electron chi connectivity index (χ2n) is 7.69. The van der Waals surface area contributed by atoms with Gasteiger partial charge in [0, 0.05) is 29.4 Å². The molecule has 0 unspecified atom stereocenters. The lowest BCUT2D eigenvalue weighted by atomic mass is 10.00. The normalized spacial score (nSPS) is 12.8. The van der Waals surface area contributed by atoms with Gasteiger partial charge >= 0.3 is 0 Å². The van der Waals surface area contributed by atoms with Crippen molar-refractivity contribution < 1.29 is 23.8 Å². The molecule has 4 aromatic rings. The smallest absolute Gasteiger partial charge is 0.252 e. The third-order valence-electron chi connectivity index (χ3n) is 5.37. The average molecular weight is 464 g/mol. The van der Waals surface area contributed by atoms with Crippen LogP contribution in [-0.2, 0) is 6.42 Å². The largest absolute Gasteiger partial charge is 0.394 e. The monoisotopic (exact) mass is 464 g/mol. The number of amides is 1. The van der Waals surface area contributed by atoms with Gasteiger partial charge in [-0.2, -0.15) is 5.10 Å². The van der Waals surface area contributed by atoms with E-state index in [1.807, 2.05) is 0 Å². The molecule has 0 bridgehead atoms. The molecule has 0 fully saturated rings. The molecule has 4 N–H and O–H groups in total. The van der Waals surface area contributed by atoms with Gasteiger partial charge in [-0.15, -0.1) is 0 Å². The zero-order chi connectivity index (χ0) is 24.1. The van der Waals surface area contributed by atoms with E-state index in [1.54, 1.807) is 42.6 Å². The van der Waals surface area contributed by atoms with E-state index in [-0.39, 0.29) is 23.2 Å². The maximum absolute atomic E-state index is 14.9. The first kappa shape index (κ1) is 23.2. The fourth-order valence-corrected chi connectivity index (χ4v) is 3.61. The predicted octanol–water partition coefficient (Wildman–Crippen LogP) is 3.11. The minimum Gasteiger partial charge on any atom is -0.394 e. The van der Waals surface area contributed by atoms with E-state index in [9.17, 15) is 23.8 Å². The Hall–Kier alpha value is -3.95. The molecule has 7 nitrogen and oxygen atoms in total. The number of nitrogens with one attached hydrogen (secondary N) is 2. The Morgan fingerprint density at radius 2 is 1.85 bits per heavy atom. The number of nitrogens with zero attached hydrogens (tertiary/aromatic N) is 2. The lowest BCUT2D eigenvalue weighted by Crippen LogP contribution is -2.46. The summed E-state index contributed by atoms with van der Waals surface area (Å²) in [6.07, 6.45) is 0.499. The predicted molar refractivity (Wildman–Crippen MR) is 122 cm³/mol. The van der Waals surface area contributed by atoms with Crippen LogP contribution >= 0.6 is 0 Å². The molecule has 0 spiro atoms. The Labute approximate surface area is 194 Å². The van der Waals surface area contributed by atoms with E-state index >= 15 is 0 Å². The number of aromatic nitrogens is 3. The average Bonchev–Trinajstić information content (AvgIpc) is 3.33. The van der Waals surface area contributed by atoms with Gasteiger partial charge in [0.05, 0.1) is 35.7 Å². The lowest BCUT2D eigenvalue weighted by molar-refractivity contribution is 0.0565. The first-order valence-corrected chi connectivity index (χ1v) is 10.6. The summed E-state index contributed by atoms with van der Waals surface area (Å²) in [5.74, 6) is -1.68. The summed E-state index contributed by atoms with van der Waals surface area (Å²) < 4.78 is 28.1. The third kappa shape index (κ3) is 5.16. The minimum atomic E-state index is -1.25. The summed E-state index contributed by atoms with van der Waals surface area (Å²) in [5, 5.41) is 29.3. The maximum Gasteiger partial charge on any atom is 0.252 e. The number of aromatic amines is 1. The van der Waals surface area contributed by atoms with Gasteiger partial charge in [0.2, 0.25) is 0 Å². The van der Waals surface area contributed by atoms with Crippen molar-refractivity contribution in [3.63, 3.8) is 0 Å². The third-order valence-corrected chi connectivity index (χ3v) is 5.37. The molecule has 34 heavy (non-hydrogen) atoms. The molecule has 2 aromatic carbocycles. The summed E-state index contributed by atoms with van der Waals surface area (Å²) in [7, 11) is 0. The second-order valence-corrected chi connectivity index (χ2v) is 7.69. The fraction of sp³-hybridized carbons (Fsp3) is 0.160. The number of hydrogen-bond donors (Lipinski definition) is 4. The van der Waals surface area contributed by atoms with Gasteiger partial charge < -0.3 is 15.5 Å². The fourth-order valence-electron chi connectivity index (χ4n) is 3.61. The molecule has 2 aromatic heterocycles. The number of carbonyl (C=O) groups is 1. The number of halogens is 2. The van der Waals surface area contributed by atoms with Crippen LogP contribution in [0.15, 0.2) is 72.9 Å². The van der Waals surface area contributed by atoms with Crippen molar-refractivity contribution in [3.05, 3.63) is 95.8 Å². The van der Waals surface area contributed by atoms with Crippen LogP contribution in [0.4, 0.5) is 8.78 Å². The zero-order valence-corrected chi connectivity index (χ0v) is 18.0. The van der Waals surface area contributed by atoms with Crippen LogP contribution in [-0.4, -0.2) is 50.1 Å². The van der Waals surface area contributed by atoms with Gasteiger partial charge in [-0.1, -0.05) is 12.1 Å². The lowest BCUT2D eigenvalue weighted by Gasteiger charge is -2.23. The topological polar surface area (TPSA) is 111 Å². The molecule has 0 aliphatic heterocycles. The minimum absolute atomic E-state index is 0.00376. The Morgan fingerprint density at radius 3 is 2.56 bits per heavy atom. The molecule has 0 saturated heterocycles. The summed E-state index contributed by atoms with van der Waals surface area (Å²) in [6.45, 7) is -0.574. The highest BCUT2D eigenvalue weighted by Gasteiger charge is 2.25. The van der Waals surface area contributed by atoms with E-state index < -0.39 is 36.3 Å². The van der Waals surface area contributed by atoms with Crippen LogP contribution in [0.2, 0.25) is 0 Å². The summed E-state index contributed by atoms with van der Waals surface area (Å²) in [6, 6.07) is 15.7. The van der Waals surface area contributed by atoms with Crippen molar-refractivity contribution in [2.45, 2.75) is 18.6 Å². The number of pyridine rings is 1. The zero-order valence-electron chi connectivity index (χ0n) is 18.0. The number of benzene rings is 2. The van der Waals surface area contributed by atoms with E-state index in [4.69, 9.17) is 0 Å². The van der Waals surface area contributed by atoms with E-state index in [0.717, 1.165) is 0 Å². The SMILES string of the molecule is O=C(N[C@@H](Cc1ccccn1)[C@H](O)CO)c1cccc(F)c1-c1cc(-c2ccc(F)cc2)n[nH]1. The van der Waals surface area contributed by atoms with Gasteiger partial charge in [0.1, 0.15) is 11.6 Å². The summed E-state index contributed by atoms with van der Waals surface area (Å²) in [5.41, 5.74) is 1.95. The van der Waals surface area contributed by atoms with Crippen LogP contribution < -0.4 is 5.32 Å². The summed E-state index contributed by atoms with van der Waals surface area (Å²) >= 11 is 0. The van der Waals surface area contributed by atoms with Gasteiger partial charge in [0.25, 0.3) is 5.91 Å². The number of rotatable bonds is 8. The highest BCUT2D eigenvalue weighted by Crippen LogP contribution is 2.29. The first-order chi connectivity index (χ1) is 16.5.